The first-order valence-corrected chi connectivity index (χ1v) is 42.2. The third kappa shape index (κ3) is 74.0. The third-order valence-electron chi connectivity index (χ3n) is 19.3. The van der Waals surface area contributed by atoms with Crippen LogP contribution >= 0.6 is 0 Å². The Balaban J connectivity index is 7.72. The fraction of sp³-hybridized carbons (Fsp3) is 0.854. The van der Waals surface area contributed by atoms with E-state index in [1.807, 2.05) is 56.4 Å². The summed E-state index contributed by atoms with van der Waals surface area (Å²) in [4.78, 5) is 123. The molecule has 0 saturated heterocycles. The van der Waals surface area contributed by atoms with Gasteiger partial charge in [0.15, 0.2) is 0 Å². The number of carbonyl (C=O) groups excluding carboxylic acids is 8. The number of carbonyl (C=O) groups is 8. The molecule has 0 rings (SSSR count). The molecule has 8 N–H and O–H groups in total. The minimum atomic E-state index is -0.0553. The van der Waals surface area contributed by atoms with Gasteiger partial charge in [-0.2, -0.15) is 0 Å². The number of hydrogen-bond acceptors (Lipinski definition) is 14. The topological polar surface area (TPSA) is 252 Å². The predicted octanol–water partition coefficient (Wildman–Crippen LogP) is 0.266. The van der Waals surface area contributed by atoms with E-state index in [4.69, 9.17) is 0 Å². The molecule has 658 valence electrons. The first-order chi connectivity index (χ1) is 51.8. The maximum absolute atomic E-state index is 13.9. The van der Waals surface area contributed by atoms with Crippen molar-refractivity contribution in [3.05, 3.63) is 28.2 Å². The number of quaternary nitrogens is 8. The molecule has 30 heteroatoms. The second-order valence-corrected chi connectivity index (χ2v) is 38.4. The zero-order valence-corrected chi connectivity index (χ0v) is 75.7. The number of amides is 8. The van der Waals surface area contributed by atoms with Crippen molar-refractivity contribution in [2.45, 2.75) is 103 Å². The molecule has 8 amide bonds. The summed E-state index contributed by atoms with van der Waals surface area (Å²) in [5.41, 5.74) is 0. The van der Waals surface area contributed by atoms with E-state index in [1.54, 1.807) is 0 Å². The maximum Gasteiger partial charge on any atom is 0.221 e. The van der Waals surface area contributed by atoms with Crippen molar-refractivity contribution in [1.29, 1.82) is 0 Å². The first-order valence-electron chi connectivity index (χ1n) is 42.2. The van der Waals surface area contributed by atoms with Gasteiger partial charge in [0.05, 0.1) is 137 Å². The van der Waals surface area contributed by atoms with E-state index < -0.39 is 0 Å². The van der Waals surface area contributed by atoms with Crippen LogP contribution in [0.5, 0.6) is 0 Å². The van der Waals surface area contributed by atoms with Gasteiger partial charge < -0.3 is 108 Å². The molecule has 0 radical (unpaired) electrons. The summed E-state index contributed by atoms with van der Waals surface area (Å²) in [6.07, 6.45) is 8.60. The van der Waals surface area contributed by atoms with Crippen LogP contribution in [-0.2, 0) is 38.4 Å². The van der Waals surface area contributed by atoms with Gasteiger partial charge in [-0.15, -0.1) is 28.2 Å². The Morgan fingerprint density at radius 3 is 0.402 bits per heavy atom. The summed E-state index contributed by atoms with van der Waals surface area (Å²) in [6.45, 7) is 20.4. The summed E-state index contributed by atoms with van der Waals surface area (Å²) >= 11 is 0. The molecular formula is C82H176N22O8+4. The number of nitrogens with one attached hydrogen (secondary N) is 8. The fourth-order valence-corrected chi connectivity index (χ4v) is 12.3. The van der Waals surface area contributed by atoms with Crippen LogP contribution in [0.25, 0.3) is 0 Å². The van der Waals surface area contributed by atoms with E-state index in [0.29, 0.717) is 188 Å². The second kappa shape index (κ2) is 57.3. The minimum absolute atomic E-state index is 0.0366. The normalized spacial score (nSPS) is 12.9. The molecule has 0 aliphatic heterocycles. The molecule has 0 aromatic carbocycles. The molecular weight excluding hydrogens is 1420 g/mol. The molecule has 0 saturated carbocycles. The Kier molecular flexibility index (Phi) is 54.9. The van der Waals surface area contributed by atoms with Gasteiger partial charge in [-0.3, -0.25) is 38.4 Å². The van der Waals surface area contributed by atoms with Crippen LogP contribution < -0.4 is 42.5 Å². The molecule has 0 bridgehead atoms. The molecule has 0 aromatic heterocycles. The fourth-order valence-electron chi connectivity index (χ4n) is 12.3. The molecule has 0 heterocycles. The summed E-state index contributed by atoms with van der Waals surface area (Å²) in [6, 6.07) is 0. The Morgan fingerprint density at radius 1 is 0.188 bits per heavy atom. The average Bonchev–Trinajstić information content (AvgIpc) is 0.926. The number of nitrogens with zero attached hydrogens (tertiary/aromatic N) is 14. The van der Waals surface area contributed by atoms with Crippen LogP contribution in [0.2, 0.25) is 0 Å². The van der Waals surface area contributed by atoms with Crippen LogP contribution in [0.3, 0.4) is 0 Å². The predicted molar refractivity (Wildman–Crippen MR) is 458 cm³/mol. The largest absolute Gasteiger partial charge is 0.462 e. The van der Waals surface area contributed by atoms with Crippen molar-refractivity contribution in [1.82, 2.24) is 71.9 Å². The molecule has 0 atom stereocenters. The van der Waals surface area contributed by atoms with E-state index >= 15 is 0 Å². The van der Waals surface area contributed by atoms with E-state index in [-0.39, 0.29) is 98.6 Å². The molecule has 112 heavy (non-hydrogen) atoms. The maximum atomic E-state index is 13.9. The molecule has 0 unspecified atom stereocenters. The van der Waals surface area contributed by atoms with Crippen LogP contribution in [0.15, 0.2) is 0 Å². The van der Waals surface area contributed by atoms with Gasteiger partial charge in [0.1, 0.15) is 0 Å². The van der Waals surface area contributed by atoms with Crippen LogP contribution in [0.4, 0.5) is 0 Å². The van der Waals surface area contributed by atoms with E-state index in [2.05, 4.69) is 185 Å². The van der Waals surface area contributed by atoms with E-state index in [0.717, 1.165) is 122 Å². The van der Waals surface area contributed by atoms with Crippen molar-refractivity contribution in [3.63, 3.8) is 0 Å². The zero-order valence-electron chi connectivity index (χ0n) is 75.7. The monoisotopic (exact) mass is 1600 g/mol. The lowest BCUT2D eigenvalue weighted by Crippen LogP contribution is -2.46. The Bertz CT molecular complexity index is 2320. The van der Waals surface area contributed by atoms with Gasteiger partial charge in [0, 0.05) is 329 Å². The number of rotatable bonds is 71. The summed E-state index contributed by atoms with van der Waals surface area (Å²) < 4.78 is 5.38. The smallest absolute Gasteiger partial charge is 0.221 e. The van der Waals surface area contributed by atoms with Crippen molar-refractivity contribution in [2.24, 2.45) is 0 Å². The Hall–Kier alpha value is -4.80. The molecule has 0 aliphatic rings. The van der Waals surface area contributed by atoms with E-state index in [1.165, 1.54) is 0 Å². The van der Waals surface area contributed by atoms with Crippen LogP contribution in [-0.4, -0.2) is 476 Å². The van der Waals surface area contributed by atoms with Gasteiger partial charge in [-0.05, 0) is 0 Å². The van der Waals surface area contributed by atoms with Gasteiger partial charge >= 0.3 is 0 Å². The summed E-state index contributed by atoms with van der Waals surface area (Å²) in [7, 11) is 58.7. The van der Waals surface area contributed by atoms with Crippen molar-refractivity contribution in [2.75, 3.05) is 363 Å². The van der Waals surface area contributed by atoms with Gasteiger partial charge in [0.25, 0.3) is 0 Å². The van der Waals surface area contributed by atoms with Crippen molar-refractivity contribution >= 4 is 47.3 Å². The highest BCUT2D eigenvalue weighted by atomic mass is 16.2. The van der Waals surface area contributed by atoms with Crippen molar-refractivity contribution < 1.29 is 74.2 Å². The Morgan fingerprint density at radius 2 is 0.295 bits per heavy atom. The lowest BCUT2D eigenvalue weighted by atomic mass is 10.2. The highest BCUT2D eigenvalue weighted by Crippen LogP contribution is 2.09. The quantitative estimate of drug-likeness (QED) is 0.0232. The van der Waals surface area contributed by atoms with Gasteiger partial charge in [-0.1, -0.05) is 0 Å². The summed E-state index contributed by atoms with van der Waals surface area (Å²) in [5, 5.41) is 25.1. The Labute approximate surface area is 684 Å². The lowest BCUT2D eigenvalue weighted by molar-refractivity contribution is -0.870. The van der Waals surface area contributed by atoms with Crippen LogP contribution in [0.1, 0.15) is 103 Å². The molecule has 0 fully saturated rings. The average molecular weight is 1600 g/mol. The second-order valence-electron chi connectivity index (χ2n) is 38.4. The van der Waals surface area contributed by atoms with Gasteiger partial charge in [0.2, 0.25) is 47.3 Å². The first kappa shape index (κ1) is 107. The molecule has 30 nitrogen and oxygen atoms in total. The zero-order chi connectivity index (χ0) is 85.1. The van der Waals surface area contributed by atoms with Crippen LogP contribution in [0, 0.1) is 28.2 Å². The summed E-state index contributed by atoms with van der Waals surface area (Å²) in [5.74, 6) is -0.360. The third-order valence-corrected chi connectivity index (χ3v) is 19.3. The van der Waals surface area contributed by atoms with Crippen molar-refractivity contribution in [3.8, 4) is 0 Å². The molecule has 0 spiro atoms. The number of hydrogen-bond donors (Lipinski definition) is 8. The SMILES string of the molecule is [CH2-][N+](C)(C)CCCNC(=O)CCN(CCN(CCC(=O)NCCC[N+](C)(C)C)CCC(=O)NCCC[N+](C)(C)C)CCN(CCC(=O)NCCC[N+]([CH2-])(C)C)CCN(CCC(=O)NCCC[N+]([CH2-])(C)C)CCN(CCC(=O)NCCC[N+]([CH2-])(C)C)CCN(CCC(=O)NCCC[N+](C)(C)C)CCC(=O)NCCC[N+](C)(C)C. The minimum Gasteiger partial charge on any atom is -0.462 e. The molecule has 0 aliphatic carbocycles. The molecule has 0 aromatic rings. The van der Waals surface area contributed by atoms with Gasteiger partial charge in [-0.25, -0.2) is 0 Å². The standard InChI is InChI=1S/C82H172N22O8/c1-97(2,3)67-25-41-83-75(105)33-49-91(50-34-76(106)84-42-26-68-98(4,5)6)57-59-93(53-37-79(109)87-45-29-71-101(13,14)15)61-63-95(55-39-81(111)89-47-31-73-103(19,20)21)65-66-96(56-40-82(112)90-48-32-74-104(22,23)24)64-62-94(54-38-80(110)88-46-30-72-102(16,17)18)60-58-92(51-35-77(107)85-43-27-69-99(7,8)9)52-36-78(108)86-44-28-70-100(10,11)12/h13,16,19,22,25-74H2,1-12,14-15,17-18,20-21,23-24H3,(H4-4,83,84,85,86,87,88,89,90,105,106,107,108,109,110,111,112)/p+4. The lowest BCUT2D eigenvalue weighted by Gasteiger charge is -2.33. The highest BCUT2D eigenvalue weighted by molar-refractivity contribution is 5.78. The highest BCUT2D eigenvalue weighted by Gasteiger charge is 2.23. The van der Waals surface area contributed by atoms with E-state index in [9.17, 15) is 38.4 Å².